The fourth-order valence-corrected chi connectivity index (χ4v) is 4.15. The number of sulfonamides is 1. The number of hydrogen-bond acceptors (Lipinski definition) is 3. The van der Waals surface area contributed by atoms with Crippen molar-refractivity contribution in [2.45, 2.75) is 56.8 Å². The quantitative estimate of drug-likeness (QED) is 0.863. The van der Waals surface area contributed by atoms with Crippen LogP contribution < -0.4 is 5.32 Å². The van der Waals surface area contributed by atoms with E-state index in [0.29, 0.717) is 25.9 Å². The highest BCUT2D eigenvalue weighted by Crippen LogP contribution is 2.37. The maximum absolute atomic E-state index is 12.6. The van der Waals surface area contributed by atoms with Crippen LogP contribution in [0.2, 0.25) is 0 Å². The fraction of sp³-hybridized carbons (Fsp3) is 1.00. The first kappa shape index (κ1) is 17.0. The Bertz CT molecular complexity index is 437. The van der Waals surface area contributed by atoms with E-state index in [1.165, 1.54) is 10.6 Å². The summed E-state index contributed by atoms with van der Waals surface area (Å²) in [4.78, 5) is 0. The van der Waals surface area contributed by atoms with E-state index in [-0.39, 0.29) is 24.9 Å². The van der Waals surface area contributed by atoms with Gasteiger partial charge in [0.25, 0.3) is 0 Å². The molecule has 124 valence electrons. The minimum Gasteiger partial charge on any atom is -0.311 e. The van der Waals surface area contributed by atoms with Crippen LogP contribution in [0.15, 0.2) is 0 Å². The minimum absolute atomic E-state index is 0.137. The van der Waals surface area contributed by atoms with Gasteiger partial charge in [-0.05, 0) is 38.5 Å². The largest absolute Gasteiger partial charge is 0.391 e. The van der Waals surface area contributed by atoms with Gasteiger partial charge < -0.3 is 5.32 Å². The molecule has 0 aromatic rings. The first-order valence-corrected chi connectivity index (χ1v) is 9.29. The first-order chi connectivity index (χ1) is 9.66. The SMILES string of the molecule is CS(=O)(=O)N1CCC(NC2CCC(C(F)(F)F)CC2)CC1. The van der Waals surface area contributed by atoms with Gasteiger partial charge in [0.05, 0.1) is 12.2 Å². The Morgan fingerprint density at radius 3 is 1.86 bits per heavy atom. The molecule has 0 amide bonds. The zero-order chi connectivity index (χ0) is 15.7. The molecule has 1 N–H and O–H groups in total. The second-order valence-electron chi connectivity index (χ2n) is 6.19. The summed E-state index contributed by atoms with van der Waals surface area (Å²) in [6.45, 7) is 0.989. The van der Waals surface area contributed by atoms with Crippen LogP contribution in [0.5, 0.6) is 0 Å². The molecular weight excluding hydrogens is 305 g/mol. The van der Waals surface area contributed by atoms with Crippen molar-refractivity contribution in [2.24, 2.45) is 5.92 Å². The maximum Gasteiger partial charge on any atom is 0.391 e. The zero-order valence-corrected chi connectivity index (χ0v) is 13.0. The molecule has 2 aliphatic rings. The molecule has 0 spiro atoms. The first-order valence-electron chi connectivity index (χ1n) is 7.44. The Labute approximate surface area is 124 Å². The van der Waals surface area contributed by atoms with E-state index in [9.17, 15) is 21.6 Å². The van der Waals surface area contributed by atoms with Crippen molar-refractivity contribution in [3.63, 3.8) is 0 Å². The summed E-state index contributed by atoms with van der Waals surface area (Å²) in [7, 11) is -3.13. The number of alkyl halides is 3. The van der Waals surface area contributed by atoms with Crippen molar-refractivity contribution in [3.05, 3.63) is 0 Å². The molecule has 0 radical (unpaired) electrons. The lowest BCUT2D eigenvalue weighted by Crippen LogP contribution is -2.48. The lowest BCUT2D eigenvalue weighted by molar-refractivity contribution is -0.182. The second kappa shape index (κ2) is 6.42. The summed E-state index contributed by atoms with van der Waals surface area (Å²) in [5.74, 6) is -1.15. The van der Waals surface area contributed by atoms with Gasteiger partial charge >= 0.3 is 6.18 Å². The van der Waals surface area contributed by atoms with Crippen LogP contribution in [-0.2, 0) is 10.0 Å². The van der Waals surface area contributed by atoms with Gasteiger partial charge in [0, 0.05) is 25.2 Å². The fourth-order valence-electron chi connectivity index (χ4n) is 3.27. The standard InChI is InChI=1S/C13H23F3N2O2S/c1-21(19,20)18-8-6-12(7-9-18)17-11-4-2-10(3-5-11)13(14,15)16/h10-12,17H,2-9H2,1H3. The van der Waals surface area contributed by atoms with Gasteiger partial charge in [-0.3, -0.25) is 0 Å². The predicted octanol–water partition coefficient (Wildman–Crippen LogP) is 2.12. The number of rotatable bonds is 3. The molecule has 0 atom stereocenters. The molecule has 1 aliphatic heterocycles. The molecule has 0 aromatic heterocycles. The van der Waals surface area contributed by atoms with E-state index < -0.39 is 22.1 Å². The molecule has 0 unspecified atom stereocenters. The molecule has 2 rings (SSSR count). The van der Waals surface area contributed by atoms with Crippen molar-refractivity contribution < 1.29 is 21.6 Å². The van der Waals surface area contributed by atoms with Gasteiger partial charge in [-0.1, -0.05) is 0 Å². The van der Waals surface area contributed by atoms with Gasteiger partial charge in [0.2, 0.25) is 10.0 Å². The Morgan fingerprint density at radius 1 is 0.952 bits per heavy atom. The number of hydrogen-bond donors (Lipinski definition) is 1. The highest BCUT2D eigenvalue weighted by atomic mass is 32.2. The normalized spacial score (nSPS) is 30.5. The van der Waals surface area contributed by atoms with Crippen molar-refractivity contribution >= 4 is 10.0 Å². The predicted molar refractivity (Wildman–Crippen MR) is 74.4 cm³/mol. The summed E-state index contributed by atoms with van der Waals surface area (Å²) in [5.41, 5.74) is 0. The van der Waals surface area contributed by atoms with Gasteiger partial charge in [0.1, 0.15) is 0 Å². The monoisotopic (exact) mass is 328 g/mol. The van der Waals surface area contributed by atoms with Crippen LogP contribution in [0.3, 0.4) is 0 Å². The number of nitrogens with one attached hydrogen (secondary N) is 1. The van der Waals surface area contributed by atoms with Crippen LogP contribution in [0.25, 0.3) is 0 Å². The summed E-state index contributed by atoms with van der Waals surface area (Å²) in [6.07, 6.45) is 0.100. The van der Waals surface area contributed by atoms with Gasteiger partial charge in [-0.2, -0.15) is 13.2 Å². The van der Waals surface area contributed by atoms with Crippen molar-refractivity contribution in [1.82, 2.24) is 9.62 Å². The van der Waals surface area contributed by atoms with Crippen LogP contribution in [0.4, 0.5) is 13.2 Å². The molecule has 1 saturated heterocycles. The lowest BCUT2D eigenvalue weighted by atomic mass is 9.85. The Balaban J connectivity index is 1.73. The van der Waals surface area contributed by atoms with Crippen LogP contribution in [-0.4, -0.2) is 50.3 Å². The summed E-state index contributed by atoms with van der Waals surface area (Å²) in [6, 6.07) is 0.355. The molecular formula is C13H23F3N2O2S. The molecule has 21 heavy (non-hydrogen) atoms. The van der Waals surface area contributed by atoms with Crippen LogP contribution in [0, 0.1) is 5.92 Å². The zero-order valence-electron chi connectivity index (χ0n) is 12.2. The van der Waals surface area contributed by atoms with E-state index in [0.717, 1.165) is 12.8 Å². The van der Waals surface area contributed by atoms with E-state index in [2.05, 4.69) is 5.32 Å². The van der Waals surface area contributed by atoms with E-state index in [1.54, 1.807) is 0 Å². The van der Waals surface area contributed by atoms with Crippen molar-refractivity contribution in [2.75, 3.05) is 19.3 Å². The topological polar surface area (TPSA) is 49.4 Å². The van der Waals surface area contributed by atoms with E-state index >= 15 is 0 Å². The Morgan fingerprint density at radius 2 is 1.43 bits per heavy atom. The van der Waals surface area contributed by atoms with E-state index in [1.807, 2.05) is 0 Å². The highest BCUT2D eigenvalue weighted by Gasteiger charge is 2.41. The number of piperidine rings is 1. The number of nitrogens with zero attached hydrogens (tertiary/aromatic N) is 1. The second-order valence-corrected chi connectivity index (χ2v) is 8.18. The molecule has 0 aromatic carbocycles. The summed E-state index contributed by atoms with van der Waals surface area (Å²) in [5, 5.41) is 3.41. The Hall–Kier alpha value is -0.340. The molecule has 2 fully saturated rings. The van der Waals surface area contributed by atoms with Crippen molar-refractivity contribution in [1.29, 1.82) is 0 Å². The van der Waals surface area contributed by atoms with Crippen molar-refractivity contribution in [3.8, 4) is 0 Å². The third-order valence-corrected chi connectivity index (χ3v) is 5.89. The summed E-state index contributed by atoms with van der Waals surface area (Å²) < 4.78 is 62.1. The molecule has 1 heterocycles. The third kappa shape index (κ3) is 4.82. The minimum atomic E-state index is -4.06. The third-order valence-electron chi connectivity index (χ3n) is 4.58. The maximum atomic E-state index is 12.6. The smallest absolute Gasteiger partial charge is 0.311 e. The van der Waals surface area contributed by atoms with Gasteiger partial charge in [0.15, 0.2) is 0 Å². The van der Waals surface area contributed by atoms with Crippen LogP contribution in [0.1, 0.15) is 38.5 Å². The average molecular weight is 328 g/mol. The Kier molecular flexibility index (Phi) is 5.20. The summed E-state index contributed by atoms with van der Waals surface area (Å²) >= 11 is 0. The molecule has 1 aliphatic carbocycles. The van der Waals surface area contributed by atoms with E-state index in [4.69, 9.17) is 0 Å². The molecule has 0 bridgehead atoms. The average Bonchev–Trinajstić information content (AvgIpc) is 2.38. The highest BCUT2D eigenvalue weighted by molar-refractivity contribution is 7.88. The van der Waals surface area contributed by atoms with Gasteiger partial charge in [-0.25, -0.2) is 12.7 Å². The number of halogens is 3. The molecule has 8 heteroatoms. The lowest BCUT2D eigenvalue weighted by Gasteiger charge is -2.36. The molecule has 1 saturated carbocycles. The van der Waals surface area contributed by atoms with Crippen LogP contribution >= 0.6 is 0 Å². The van der Waals surface area contributed by atoms with Gasteiger partial charge in [-0.15, -0.1) is 0 Å². The molecule has 4 nitrogen and oxygen atoms in total.